The van der Waals surface area contributed by atoms with Crippen LogP contribution in [0.15, 0.2) is 41.2 Å². The summed E-state index contributed by atoms with van der Waals surface area (Å²) in [5.74, 6) is 2.34. The van der Waals surface area contributed by atoms with Crippen molar-refractivity contribution >= 4 is 11.8 Å². The van der Waals surface area contributed by atoms with Gasteiger partial charge >= 0.3 is 0 Å². The Labute approximate surface area is 140 Å². The molecule has 2 aromatic heterocycles. The molecule has 1 aromatic carbocycles. The van der Waals surface area contributed by atoms with Gasteiger partial charge in [-0.05, 0) is 37.1 Å². The van der Waals surface area contributed by atoms with Crippen LogP contribution in [0, 0.1) is 6.92 Å². The smallest absolute Gasteiger partial charge is 0.239 e. The van der Waals surface area contributed by atoms with Gasteiger partial charge in [-0.25, -0.2) is 0 Å². The molecule has 3 rings (SSSR count). The van der Waals surface area contributed by atoms with Crippen LogP contribution in [0.3, 0.4) is 0 Å². The average molecular weight is 328 g/mol. The molecule has 0 saturated heterocycles. The summed E-state index contributed by atoms with van der Waals surface area (Å²) in [6.45, 7) is 4.15. The van der Waals surface area contributed by atoms with Gasteiger partial charge in [0.2, 0.25) is 11.7 Å². The largest absolute Gasteiger partial charge is 0.338 e. The summed E-state index contributed by atoms with van der Waals surface area (Å²) >= 11 is 1.81. The number of nitrogens with zero attached hydrogens (tertiary/aromatic N) is 4. The highest BCUT2D eigenvalue weighted by Gasteiger charge is 2.16. The monoisotopic (exact) mass is 328 g/mol. The van der Waals surface area contributed by atoms with E-state index in [2.05, 4.69) is 35.2 Å². The Balaban J connectivity index is 1.60. The van der Waals surface area contributed by atoms with E-state index in [1.54, 1.807) is 0 Å². The fraction of sp³-hybridized carbons (Fsp3) is 0.353. The Morgan fingerprint density at radius 1 is 1.30 bits per heavy atom. The van der Waals surface area contributed by atoms with E-state index in [0.717, 1.165) is 23.3 Å². The van der Waals surface area contributed by atoms with Crippen LogP contribution in [-0.4, -0.2) is 25.7 Å². The molecule has 0 aliphatic heterocycles. The third-order valence-corrected chi connectivity index (χ3v) is 4.83. The van der Waals surface area contributed by atoms with Gasteiger partial charge in [0.1, 0.15) is 0 Å². The van der Waals surface area contributed by atoms with Crippen molar-refractivity contribution < 1.29 is 4.52 Å². The Kier molecular flexibility index (Phi) is 4.81. The number of aromatic nitrogens is 4. The summed E-state index contributed by atoms with van der Waals surface area (Å²) in [5.41, 5.74) is 3.42. The van der Waals surface area contributed by atoms with E-state index in [9.17, 15) is 0 Å². The molecular weight excluding hydrogens is 308 g/mol. The van der Waals surface area contributed by atoms with Crippen molar-refractivity contribution in [2.75, 3.05) is 5.75 Å². The zero-order chi connectivity index (χ0) is 16.2. The molecule has 0 N–H and O–H groups in total. The normalized spacial score (nSPS) is 12.5. The highest BCUT2D eigenvalue weighted by molar-refractivity contribution is 7.99. The molecule has 120 valence electrons. The van der Waals surface area contributed by atoms with E-state index in [1.807, 2.05) is 54.1 Å². The van der Waals surface area contributed by atoms with E-state index in [0.29, 0.717) is 11.7 Å². The molecule has 3 aromatic rings. The number of hydrogen-bond acceptors (Lipinski definition) is 5. The summed E-state index contributed by atoms with van der Waals surface area (Å²) in [6.07, 6.45) is 4.95. The van der Waals surface area contributed by atoms with Gasteiger partial charge in [-0.15, -0.1) is 11.8 Å². The topological polar surface area (TPSA) is 56.7 Å². The lowest BCUT2D eigenvalue weighted by Crippen LogP contribution is -1.94. The van der Waals surface area contributed by atoms with E-state index < -0.39 is 0 Å². The Morgan fingerprint density at radius 3 is 2.87 bits per heavy atom. The zero-order valence-electron chi connectivity index (χ0n) is 13.6. The maximum atomic E-state index is 5.44. The molecule has 0 fully saturated rings. The molecule has 0 aliphatic rings. The number of aryl methyl sites for hydroxylation is 3. The van der Waals surface area contributed by atoms with Crippen LogP contribution < -0.4 is 0 Å². The quantitative estimate of drug-likeness (QED) is 0.688. The van der Waals surface area contributed by atoms with Gasteiger partial charge in [0.05, 0.1) is 11.4 Å². The number of rotatable bonds is 6. The minimum Gasteiger partial charge on any atom is -0.338 e. The van der Waals surface area contributed by atoms with E-state index >= 15 is 0 Å². The molecule has 5 nitrogen and oxygen atoms in total. The van der Waals surface area contributed by atoms with Crippen LogP contribution in [-0.2, 0) is 13.5 Å². The fourth-order valence-electron chi connectivity index (χ4n) is 2.36. The summed E-state index contributed by atoms with van der Waals surface area (Å²) in [7, 11) is 1.94. The Bertz CT molecular complexity index is 780. The first-order valence-electron chi connectivity index (χ1n) is 7.62. The van der Waals surface area contributed by atoms with Crippen molar-refractivity contribution in [3.63, 3.8) is 0 Å². The van der Waals surface area contributed by atoms with E-state index in [4.69, 9.17) is 4.52 Å². The second-order valence-electron chi connectivity index (χ2n) is 5.56. The molecule has 23 heavy (non-hydrogen) atoms. The molecule has 0 amide bonds. The van der Waals surface area contributed by atoms with E-state index in [-0.39, 0.29) is 5.25 Å². The number of hydrogen-bond donors (Lipinski definition) is 0. The van der Waals surface area contributed by atoms with Crippen molar-refractivity contribution in [1.82, 2.24) is 19.9 Å². The summed E-state index contributed by atoms with van der Waals surface area (Å²) in [5, 5.41) is 8.49. The van der Waals surface area contributed by atoms with Crippen LogP contribution >= 0.6 is 11.8 Å². The maximum Gasteiger partial charge on any atom is 0.239 e. The maximum absolute atomic E-state index is 5.44. The van der Waals surface area contributed by atoms with Crippen LogP contribution in [0.25, 0.3) is 11.4 Å². The highest BCUT2D eigenvalue weighted by Crippen LogP contribution is 2.29. The van der Waals surface area contributed by atoms with Crippen LogP contribution in [0.5, 0.6) is 0 Å². The molecule has 0 saturated carbocycles. The van der Waals surface area contributed by atoms with E-state index in [1.165, 1.54) is 5.56 Å². The molecule has 2 heterocycles. The van der Waals surface area contributed by atoms with Crippen molar-refractivity contribution in [2.24, 2.45) is 7.05 Å². The fourth-order valence-corrected chi connectivity index (χ4v) is 3.30. The van der Waals surface area contributed by atoms with Gasteiger partial charge in [-0.2, -0.15) is 10.1 Å². The zero-order valence-corrected chi connectivity index (χ0v) is 14.4. The second-order valence-corrected chi connectivity index (χ2v) is 7.01. The molecule has 0 spiro atoms. The predicted octanol–water partition coefficient (Wildman–Crippen LogP) is 3.82. The van der Waals surface area contributed by atoms with Gasteiger partial charge in [0, 0.05) is 18.8 Å². The minimum absolute atomic E-state index is 0.178. The molecule has 0 aliphatic carbocycles. The third kappa shape index (κ3) is 3.82. The Hall–Kier alpha value is -2.08. The van der Waals surface area contributed by atoms with Gasteiger partial charge in [0.15, 0.2) is 0 Å². The lowest BCUT2D eigenvalue weighted by Gasteiger charge is -2.05. The second kappa shape index (κ2) is 7.00. The lowest BCUT2D eigenvalue weighted by atomic mass is 10.1. The SMILES string of the molecule is Cc1ccccc1-c1noc([C@@H](C)SCCc2cnn(C)c2)n1. The van der Waals surface area contributed by atoms with Crippen molar-refractivity contribution in [3.8, 4) is 11.4 Å². The summed E-state index contributed by atoms with van der Waals surface area (Å²) in [6, 6.07) is 8.07. The third-order valence-electron chi connectivity index (χ3n) is 3.69. The van der Waals surface area contributed by atoms with Crippen LogP contribution in [0.4, 0.5) is 0 Å². The summed E-state index contributed by atoms with van der Waals surface area (Å²) < 4.78 is 7.27. The molecule has 6 heteroatoms. The van der Waals surface area contributed by atoms with Crippen LogP contribution in [0.2, 0.25) is 0 Å². The Morgan fingerprint density at radius 2 is 2.13 bits per heavy atom. The van der Waals surface area contributed by atoms with Gasteiger partial charge in [-0.3, -0.25) is 4.68 Å². The molecular formula is C17H20N4OS. The van der Waals surface area contributed by atoms with Crippen molar-refractivity contribution in [2.45, 2.75) is 25.5 Å². The number of benzene rings is 1. The highest BCUT2D eigenvalue weighted by atomic mass is 32.2. The van der Waals surface area contributed by atoms with Crippen molar-refractivity contribution in [1.29, 1.82) is 0 Å². The van der Waals surface area contributed by atoms with Gasteiger partial charge in [0.25, 0.3) is 0 Å². The average Bonchev–Trinajstić information content (AvgIpc) is 3.17. The molecule has 1 atom stereocenters. The predicted molar refractivity (Wildman–Crippen MR) is 92.3 cm³/mol. The first kappa shape index (κ1) is 15.8. The van der Waals surface area contributed by atoms with Crippen LogP contribution in [0.1, 0.15) is 29.2 Å². The molecule has 0 radical (unpaired) electrons. The van der Waals surface area contributed by atoms with Gasteiger partial charge < -0.3 is 4.52 Å². The summed E-state index contributed by atoms with van der Waals surface area (Å²) in [4.78, 5) is 4.56. The molecule has 0 unspecified atom stereocenters. The van der Waals surface area contributed by atoms with Gasteiger partial charge in [-0.1, -0.05) is 29.4 Å². The van der Waals surface area contributed by atoms with Crippen molar-refractivity contribution in [3.05, 3.63) is 53.7 Å². The molecule has 0 bridgehead atoms. The lowest BCUT2D eigenvalue weighted by molar-refractivity contribution is 0.381. The standard InChI is InChI=1S/C17H20N4OS/c1-12-6-4-5-7-15(12)16-19-17(22-20-16)13(2)23-9-8-14-10-18-21(3)11-14/h4-7,10-11,13H,8-9H2,1-3H3/t13-/m1/s1. The first-order valence-corrected chi connectivity index (χ1v) is 8.67. The minimum atomic E-state index is 0.178. The number of thioether (sulfide) groups is 1. The first-order chi connectivity index (χ1) is 11.1.